The molecule has 1 amide bonds. The molecule has 6 nitrogen and oxygen atoms in total. The molecule has 1 aromatic heterocycles. The van der Waals surface area contributed by atoms with Gasteiger partial charge < -0.3 is 14.3 Å². The van der Waals surface area contributed by atoms with Gasteiger partial charge in [0.05, 0.1) is 28.8 Å². The molecule has 36 heavy (non-hydrogen) atoms. The van der Waals surface area contributed by atoms with Crippen molar-refractivity contribution in [3.63, 3.8) is 0 Å². The van der Waals surface area contributed by atoms with Gasteiger partial charge in [-0.25, -0.2) is 0 Å². The number of carbonyl (C=O) groups is 2. The van der Waals surface area contributed by atoms with Crippen LogP contribution in [-0.2, 0) is 4.79 Å². The number of benzene rings is 3. The summed E-state index contributed by atoms with van der Waals surface area (Å²) in [6, 6.07) is 15.7. The number of aryl methyl sites for hydroxylation is 1. The van der Waals surface area contributed by atoms with Gasteiger partial charge in [0.25, 0.3) is 5.91 Å². The highest BCUT2D eigenvalue weighted by molar-refractivity contribution is 6.42. The molecule has 1 unspecified atom stereocenters. The molecule has 1 atom stereocenters. The van der Waals surface area contributed by atoms with Gasteiger partial charge >= 0.3 is 0 Å². The fourth-order valence-corrected chi connectivity index (χ4v) is 4.92. The third-order valence-corrected chi connectivity index (χ3v) is 7.07. The van der Waals surface area contributed by atoms with Gasteiger partial charge in [-0.2, -0.15) is 0 Å². The van der Waals surface area contributed by atoms with Crippen LogP contribution in [0.25, 0.3) is 11.0 Å². The van der Waals surface area contributed by atoms with Crippen LogP contribution >= 0.6 is 34.8 Å². The number of fused-ring (bicyclic) bond motifs is 1. The summed E-state index contributed by atoms with van der Waals surface area (Å²) in [5.74, 6) is -1.79. The topological polar surface area (TPSA) is 80.0 Å². The highest BCUT2D eigenvalue weighted by Gasteiger charge is 2.46. The van der Waals surface area contributed by atoms with Crippen molar-refractivity contribution in [2.45, 2.75) is 13.0 Å². The van der Waals surface area contributed by atoms with Crippen LogP contribution < -0.4 is 9.64 Å². The summed E-state index contributed by atoms with van der Waals surface area (Å²) in [5, 5.41) is 12.5. The Kier molecular flexibility index (Phi) is 6.20. The molecule has 5 rings (SSSR count). The summed E-state index contributed by atoms with van der Waals surface area (Å²) in [7, 11) is 1.46. The number of Topliss-reactive ketones (excluding diaryl/α,β-unsaturated/α-hetero) is 1. The van der Waals surface area contributed by atoms with E-state index in [9.17, 15) is 14.7 Å². The SMILES string of the molecule is COc1cc(Cl)cc2cc(C(=O)C3=C(O)C(=O)N(c4ccc(Cl)c(Cl)c4)C3c3ccccc3C)oc12. The van der Waals surface area contributed by atoms with Crippen LogP contribution in [0.2, 0.25) is 15.1 Å². The van der Waals surface area contributed by atoms with Gasteiger partial charge in [0.2, 0.25) is 5.78 Å². The smallest absolute Gasteiger partial charge is 0.294 e. The van der Waals surface area contributed by atoms with Crippen LogP contribution in [0.4, 0.5) is 5.69 Å². The zero-order valence-corrected chi connectivity index (χ0v) is 21.3. The van der Waals surface area contributed by atoms with E-state index in [1.807, 2.05) is 19.1 Å². The lowest BCUT2D eigenvalue weighted by Gasteiger charge is -2.28. The molecule has 182 valence electrons. The summed E-state index contributed by atoms with van der Waals surface area (Å²) >= 11 is 18.5. The van der Waals surface area contributed by atoms with E-state index in [4.69, 9.17) is 44.0 Å². The number of amides is 1. The lowest BCUT2D eigenvalue weighted by Crippen LogP contribution is -2.31. The number of aliphatic hydroxyl groups is 1. The Morgan fingerprint density at radius 3 is 2.47 bits per heavy atom. The third kappa shape index (κ3) is 3.91. The lowest BCUT2D eigenvalue weighted by molar-refractivity contribution is -0.117. The first-order valence-corrected chi connectivity index (χ1v) is 11.9. The normalized spacial score (nSPS) is 15.8. The van der Waals surface area contributed by atoms with Crippen molar-refractivity contribution < 1.29 is 23.8 Å². The average Bonchev–Trinajstić information content (AvgIpc) is 3.39. The van der Waals surface area contributed by atoms with E-state index in [-0.39, 0.29) is 16.4 Å². The molecule has 4 aromatic rings. The molecule has 0 aliphatic carbocycles. The number of ketones is 1. The van der Waals surface area contributed by atoms with Crippen LogP contribution in [0.3, 0.4) is 0 Å². The van der Waals surface area contributed by atoms with Gasteiger partial charge in [0.15, 0.2) is 22.9 Å². The molecule has 0 radical (unpaired) electrons. The number of aliphatic hydroxyl groups excluding tert-OH is 1. The van der Waals surface area contributed by atoms with Crippen molar-refractivity contribution in [3.8, 4) is 5.75 Å². The van der Waals surface area contributed by atoms with Crippen molar-refractivity contribution in [2.75, 3.05) is 12.0 Å². The number of ether oxygens (including phenoxy) is 1. The van der Waals surface area contributed by atoms with Gasteiger partial charge in [0.1, 0.15) is 0 Å². The Hall–Kier alpha value is -3.45. The highest BCUT2D eigenvalue weighted by Crippen LogP contribution is 2.44. The van der Waals surface area contributed by atoms with Gasteiger partial charge in [-0.1, -0.05) is 59.1 Å². The largest absolute Gasteiger partial charge is 0.503 e. The Morgan fingerprint density at radius 2 is 1.78 bits per heavy atom. The number of halogens is 3. The summed E-state index contributed by atoms with van der Waals surface area (Å²) in [6.07, 6.45) is 0. The molecule has 3 aromatic carbocycles. The number of hydrogen-bond donors (Lipinski definition) is 1. The second-order valence-electron chi connectivity index (χ2n) is 8.26. The second kappa shape index (κ2) is 9.21. The first-order valence-electron chi connectivity index (χ1n) is 10.8. The number of anilines is 1. The molecule has 0 fully saturated rings. The first-order chi connectivity index (χ1) is 17.2. The number of hydrogen-bond acceptors (Lipinski definition) is 5. The number of nitrogens with zero attached hydrogens (tertiary/aromatic N) is 1. The molecule has 1 N–H and O–H groups in total. The van der Waals surface area contributed by atoms with Crippen molar-refractivity contribution >= 4 is 63.1 Å². The van der Waals surface area contributed by atoms with Gasteiger partial charge in [-0.05, 0) is 48.4 Å². The Labute approximate surface area is 221 Å². The van der Waals surface area contributed by atoms with E-state index >= 15 is 0 Å². The number of rotatable bonds is 5. The van der Waals surface area contributed by atoms with Crippen molar-refractivity contribution in [1.82, 2.24) is 0 Å². The maximum atomic E-state index is 13.8. The fraction of sp³-hybridized carbons (Fsp3) is 0.111. The quantitative estimate of drug-likeness (QED) is 0.264. The third-order valence-electron chi connectivity index (χ3n) is 6.11. The van der Waals surface area contributed by atoms with Gasteiger partial charge in [-0.15, -0.1) is 0 Å². The molecule has 0 spiro atoms. The Bertz CT molecular complexity index is 1590. The fourth-order valence-electron chi connectivity index (χ4n) is 4.41. The molecule has 1 aliphatic rings. The average molecular weight is 543 g/mol. The van der Waals surface area contributed by atoms with E-state index < -0.39 is 23.5 Å². The van der Waals surface area contributed by atoms with Crippen molar-refractivity contribution in [3.05, 3.63) is 104 Å². The van der Waals surface area contributed by atoms with E-state index in [1.165, 1.54) is 24.1 Å². The van der Waals surface area contributed by atoms with Crippen molar-refractivity contribution in [2.24, 2.45) is 0 Å². The van der Waals surface area contributed by atoms with Gasteiger partial charge in [0, 0.05) is 22.2 Å². The standard InChI is InChI=1S/C27H18Cl3NO5/c1-13-5-3-4-6-17(13)23-22(25(33)27(34)31(23)16-7-8-18(29)19(30)12-16)24(32)20-10-14-9-15(28)11-21(35-2)26(14)36-20/h3-12,23,33H,1-2H3. The molecular formula is C27H18Cl3NO5. The summed E-state index contributed by atoms with van der Waals surface area (Å²) < 4.78 is 11.2. The zero-order valence-electron chi connectivity index (χ0n) is 19.0. The van der Waals surface area contributed by atoms with E-state index in [0.29, 0.717) is 38.0 Å². The predicted octanol–water partition coefficient (Wildman–Crippen LogP) is 7.49. The Morgan fingerprint density at radius 1 is 1.03 bits per heavy atom. The molecule has 0 saturated carbocycles. The van der Waals surface area contributed by atoms with Crippen LogP contribution in [0.5, 0.6) is 5.75 Å². The summed E-state index contributed by atoms with van der Waals surface area (Å²) in [6.45, 7) is 1.86. The lowest BCUT2D eigenvalue weighted by atomic mass is 9.92. The number of methoxy groups -OCH3 is 1. The number of carbonyl (C=O) groups excluding carboxylic acids is 2. The molecular weight excluding hydrogens is 525 g/mol. The minimum atomic E-state index is -0.942. The Balaban J connectivity index is 1.69. The monoisotopic (exact) mass is 541 g/mol. The van der Waals surface area contributed by atoms with Gasteiger partial charge in [-0.3, -0.25) is 14.5 Å². The van der Waals surface area contributed by atoms with E-state index in [0.717, 1.165) is 5.56 Å². The minimum Gasteiger partial charge on any atom is -0.503 e. The molecule has 0 bridgehead atoms. The molecule has 1 aliphatic heterocycles. The maximum Gasteiger partial charge on any atom is 0.294 e. The molecule has 0 saturated heterocycles. The zero-order chi connectivity index (χ0) is 25.7. The number of furan rings is 1. The van der Waals surface area contributed by atoms with Crippen LogP contribution in [0, 0.1) is 6.92 Å². The molecule has 2 heterocycles. The summed E-state index contributed by atoms with van der Waals surface area (Å²) in [4.78, 5) is 28.5. The summed E-state index contributed by atoms with van der Waals surface area (Å²) in [5.41, 5.74) is 2.04. The van der Waals surface area contributed by atoms with Crippen LogP contribution in [-0.4, -0.2) is 23.9 Å². The maximum absolute atomic E-state index is 13.8. The second-order valence-corrected chi connectivity index (χ2v) is 9.51. The first kappa shape index (κ1) is 24.3. The van der Waals surface area contributed by atoms with Crippen LogP contribution in [0.15, 0.2) is 76.4 Å². The van der Waals surface area contributed by atoms with Crippen LogP contribution in [0.1, 0.15) is 27.7 Å². The van der Waals surface area contributed by atoms with E-state index in [2.05, 4.69) is 0 Å². The van der Waals surface area contributed by atoms with Crippen molar-refractivity contribution in [1.29, 1.82) is 0 Å². The van der Waals surface area contributed by atoms with E-state index in [1.54, 1.807) is 36.4 Å². The minimum absolute atomic E-state index is 0.0745. The molecule has 9 heteroatoms. The highest BCUT2D eigenvalue weighted by atomic mass is 35.5. The predicted molar refractivity (Wildman–Crippen MR) is 140 cm³/mol.